The minimum absolute atomic E-state index is 0.0875. The van der Waals surface area contributed by atoms with Gasteiger partial charge < -0.3 is 10.6 Å². The summed E-state index contributed by atoms with van der Waals surface area (Å²) >= 11 is 12.9. The van der Waals surface area contributed by atoms with Crippen molar-refractivity contribution in [3.05, 3.63) is 61.5 Å². The lowest BCUT2D eigenvalue weighted by molar-refractivity contribution is 0.0785. The van der Waals surface area contributed by atoms with Gasteiger partial charge in [0.15, 0.2) is 0 Å². The summed E-state index contributed by atoms with van der Waals surface area (Å²) in [5, 5.41) is 0.597. The number of hydrogen-bond donors (Lipinski definition) is 1. The lowest BCUT2D eigenvalue weighted by Crippen LogP contribution is -2.26. The first-order valence-corrected chi connectivity index (χ1v) is 8.08. The minimum atomic E-state index is -0.0875. The predicted molar refractivity (Wildman–Crippen MR) is 93.5 cm³/mol. The molecule has 21 heavy (non-hydrogen) atoms. The number of halogens is 3. The molecule has 0 saturated carbocycles. The molecule has 2 aromatic carbocycles. The Labute approximate surface area is 145 Å². The Bertz CT molecular complexity index is 671. The molecule has 1 amide bonds. The first kappa shape index (κ1) is 16.3. The van der Waals surface area contributed by atoms with Crippen LogP contribution in [0.4, 0.5) is 5.69 Å². The maximum absolute atomic E-state index is 12.5. The van der Waals surface area contributed by atoms with Gasteiger partial charge in [0, 0.05) is 38.8 Å². The van der Waals surface area contributed by atoms with Gasteiger partial charge in [-0.2, -0.15) is 0 Å². The Morgan fingerprint density at radius 3 is 2.43 bits per heavy atom. The molecule has 0 aliphatic rings. The zero-order valence-corrected chi connectivity index (χ0v) is 15.2. The van der Waals surface area contributed by atoms with Gasteiger partial charge in [-0.3, -0.25) is 4.79 Å². The number of nitrogens with two attached hydrogens (primary N) is 1. The lowest BCUT2D eigenvalue weighted by Gasteiger charge is -2.18. The van der Waals surface area contributed by atoms with E-state index in [-0.39, 0.29) is 5.91 Å². The lowest BCUT2D eigenvalue weighted by atomic mass is 10.1. The fourth-order valence-corrected chi connectivity index (χ4v) is 3.41. The predicted octanol–water partition coefficient (Wildman–Crippen LogP) is 4.72. The number of benzene rings is 2. The molecule has 6 heteroatoms. The number of carbonyl (C=O) groups is 1. The Hall–Kier alpha value is -1.04. The van der Waals surface area contributed by atoms with Gasteiger partial charge in [-0.1, -0.05) is 43.5 Å². The van der Waals surface area contributed by atoms with Crippen molar-refractivity contribution < 1.29 is 4.79 Å². The second-order valence-electron chi connectivity index (χ2n) is 4.67. The van der Waals surface area contributed by atoms with E-state index in [1.54, 1.807) is 42.3 Å². The van der Waals surface area contributed by atoms with Crippen LogP contribution < -0.4 is 5.73 Å². The number of hydrogen-bond acceptors (Lipinski definition) is 2. The molecule has 0 bridgehead atoms. The standard InChI is InChI=1S/C15H13Br2ClN2O/c1-20(8-10-6-13(19)2-3-14(10)18)15(21)9-4-11(16)7-12(17)5-9/h2-7H,8,19H2,1H3. The molecule has 3 nitrogen and oxygen atoms in total. The molecule has 0 atom stereocenters. The van der Waals surface area contributed by atoms with Crippen LogP contribution in [0.5, 0.6) is 0 Å². The molecule has 0 heterocycles. The third-order valence-corrected chi connectivity index (χ3v) is 4.22. The first-order valence-electron chi connectivity index (χ1n) is 6.12. The topological polar surface area (TPSA) is 46.3 Å². The van der Waals surface area contributed by atoms with Crippen LogP contribution in [0.15, 0.2) is 45.3 Å². The van der Waals surface area contributed by atoms with E-state index in [2.05, 4.69) is 31.9 Å². The van der Waals surface area contributed by atoms with Gasteiger partial charge in [0.1, 0.15) is 0 Å². The molecule has 0 aliphatic carbocycles. The molecule has 0 spiro atoms. The molecule has 110 valence electrons. The highest BCUT2D eigenvalue weighted by molar-refractivity contribution is 9.11. The number of nitrogen functional groups attached to an aromatic ring is 1. The van der Waals surface area contributed by atoms with E-state index in [0.717, 1.165) is 14.5 Å². The normalized spacial score (nSPS) is 10.5. The summed E-state index contributed by atoms with van der Waals surface area (Å²) in [5.74, 6) is -0.0875. The van der Waals surface area contributed by atoms with Crippen LogP contribution in [0.1, 0.15) is 15.9 Å². The van der Waals surface area contributed by atoms with Gasteiger partial charge >= 0.3 is 0 Å². The molecular weight excluding hydrogens is 419 g/mol. The van der Waals surface area contributed by atoms with Crippen molar-refractivity contribution in [2.24, 2.45) is 0 Å². The highest BCUT2D eigenvalue weighted by Gasteiger charge is 2.14. The molecule has 2 aromatic rings. The van der Waals surface area contributed by atoms with Crippen LogP contribution in [-0.4, -0.2) is 17.9 Å². The van der Waals surface area contributed by atoms with Crippen LogP contribution in [0.2, 0.25) is 5.02 Å². The zero-order chi connectivity index (χ0) is 15.6. The molecule has 0 saturated heterocycles. The summed E-state index contributed by atoms with van der Waals surface area (Å²) in [4.78, 5) is 14.1. The van der Waals surface area contributed by atoms with E-state index < -0.39 is 0 Å². The van der Waals surface area contributed by atoms with Gasteiger partial charge in [-0.05, 0) is 42.0 Å². The quantitative estimate of drug-likeness (QED) is 0.714. The molecule has 0 aliphatic heterocycles. The van der Waals surface area contributed by atoms with Crippen LogP contribution in [-0.2, 0) is 6.54 Å². The Morgan fingerprint density at radius 1 is 1.19 bits per heavy atom. The number of rotatable bonds is 3. The van der Waals surface area contributed by atoms with E-state index in [0.29, 0.717) is 22.8 Å². The van der Waals surface area contributed by atoms with Gasteiger partial charge in [0.05, 0.1) is 0 Å². The molecular formula is C15H13Br2ClN2O. The van der Waals surface area contributed by atoms with Crippen LogP contribution in [0.3, 0.4) is 0 Å². The van der Waals surface area contributed by atoms with Crippen molar-refractivity contribution in [1.29, 1.82) is 0 Å². The van der Waals surface area contributed by atoms with Crippen molar-refractivity contribution in [2.45, 2.75) is 6.54 Å². The van der Waals surface area contributed by atoms with Gasteiger partial charge in [-0.25, -0.2) is 0 Å². The van der Waals surface area contributed by atoms with Crippen molar-refractivity contribution in [1.82, 2.24) is 4.90 Å². The second-order valence-corrected chi connectivity index (χ2v) is 6.91. The van der Waals surface area contributed by atoms with E-state index in [1.807, 2.05) is 6.07 Å². The minimum Gasteiger partial charge on any atom is -0.399 e. The Balaban J connectivity index is 2.21. The van der Waals surface area contributed by atoms with Crippen LogP contribution >= 0.6 is 43.5 Å². The van der Waals surface area contributed by atoms with Gasteiger partial charge in [0.2, 0.25) is 0 Å². The number of carbonyl (C=O) groups excluding carboxylic acids is 1. The molecule has 0 unspecified atom stereocenters. The average molecular weight is 433 g/mol. The molecule has 2 N–H and O–H groups in total. The van der Waals surface area contributed by atoms with Crippen molar-refractivity contribution in [3.8, 4) is 0 Å². The van der Waals surface area contributed by atoms with Gasteiger partial charge in [0.25, 0.3) is 5.91 Å². The number of amides is 1. The first-order chi connectivity index (χ1) is 9.86. The molecule has 0 fully saturated rings. The average Bonchev–Trinajstić information content (AvgIpc) is 2.41. The number of anilines is 1. The summed E-state index contributed by atoms with van der Waals surface area (Å²) in [6.45, 7) is 0.396. The van der Waals surface area contributed by atoms with Crippen molar-refractivity contribution in [3.63, 3.8) is 0 Å². The van der Waals surface area contributed by atoms with Crippen molar-refractivity contribution >= 4 is 55.1 Å². The fraction of sp³-hybridized carbons (Fsp3) is 0.133. The van der Waals surface area contributed by atoms with Crippen LogP contribution in [0.25, 0.3) is 0 Å². The highest BCUT2D eigenvalue weighted by atomic mass is 79.9. The molecule has 0 aromatic heterocycles. The summed E-state index contributed by atoms with van der Waals surface area (Å²) in [6.07, 6.45) is 0. The maximum atomic E-state index is 12.5. The summed E-state index contributed by atoms with van der Waals surface area (Å²) in [5.41, 5.74) is 7.80. The zero-order valence-electron chi connectivity index (χ0n) is 11.2. The smallest absolute Gasteiger partial charge is 0.253 e. The van der Waals surface area contributed by atoms with E-state index in [9.17, 15) is 4.79 Å². The largest absolute Gasteiger partial charge is 0.399 e. The fourth-order valence-electron chi connectivity index (χ4n) is 1.94. The Kier molecular flexibility index (Phi) is 5.30. The third-order valence-electron chi connectivity index (χ3n) is 2.93. The summed E-state index contributed by atoms with van der Waals surface area (Å²) < 4.78 is 1.69. The SMILES string of the molecule is CN(Cc1cc(N)ccc1Cl)C(=O)c1cc(Br)cc(Br)c1. The van der Waals surface area contributed by atoms with Crippen LogP contribution in [0, 0.1) is 0 Å². The van der Waals surface area contributed by atoms with Gasteiger partial charge in [-0.15, -0.1) is 0 Å². The number of nitrogens with zero attached hydrogens (tertiary/aromatic N) is 1. The Morgan fingerprint density at radius 2 is 1.81 bits per heavy atom. The van der Waals surface area contributed by atoms with E-state index >= 15 is 0 Å². The second kappa shape index (κ2) is 6.81. The highest BCUT2D eigenvalue weighted by Crippen LogP contribution is 2.23. The molecule has 2 rings (SSSR count). The molecule has 0 radical (unpaired) electrons. The van der Waals surface area contributed by atoms with E-state index in [1.165, 1.54) is 0 Å². The monoisotopic (exact) mass is 430 g/mol. The maximum Gasteiger partial charge on any atom is 0.253 e. The summed E-state index contributed by atoms with van der Waals surface area (Å²) in [6, 6.07) is 10.7. The van der Waals surface area contributed by atoms with E-state index in [4.69, 9.17) is 17.3 Å². The van der Waals surface area contributed by atoms with Crippen molar-refractivity contribution in [2.75, 3.05) is 12.8 Å². The third kappa shape index (κ3) is 4.22. The summed E-state index contributed by atoms with van der Waals surface area (Å²) in [7, 11) is 1.73.